The zero-order chi connectivity index (χ0) is 15.2. The van der Waals surface area contributed by atoms with Crippen molar-refractivity contribution in [2.75, 3.05) is 26.2 Å². The highest BCUT2D eigenvalue weighted by Crippen LogP contribution is 2.23. The van der Waals surface area contributed by atoms with E-state index in [1.54, 1.807) is 9.80 Å². The summed E-state index contributed by atoms with van der Waals surface area (Å²) in [6, 6.07) is 1.93. The number of rotatable bonds is 3. The minimum Gasteiger partial charge on any atom is -0.481 e. The van der Waals surface area contributed by atoms with Gasteiger partial charge in [0.05, 0.1) is 19.2 Å². The Morgan fingerprint density at radius 3 is 2.86 bits per heavy atom. The number of ether oxygens (including phenoxy) is 1. The fourth-order valence-corrected chi connectivity index (χ4v) is 2.93. The fraction of sp³-hybridized carbons (Fsp3) is 0.786. The topological polar surface area (TPSA) is 93.9 Å². The first-order valence-corrected chi connectivity index (χ1v) is 7.40. The second-order valence-electron chi connectivity index (χ2n) is 5.49. The van der Waals surface area contributed by atoms with Crippen molar-refractivity contribution >= 4 is 12.0 Å². The first-order valence-electron chi connectivity index (χ1n) is 7.40. The van der Waals surface area contributed by atoms with Crippen LogP contribution in [0.15, 0.2) is 0 Å². The van der Waals surface area contributed by atoms with Gasteiger partial charge in [-0.05, 0) is 25.7 Å². The third-order valence-electron chi connectivity index (χ3n) is 4.05. The lowest BCUT2D eigenvalue weighted by Crippen LogP contribution is -2.54. The molecular formula is C14H21N3O4. The van der Waals surface area contributed by atoms with Crippen LogP contribution in [0.3, 0.4) is 0 Å². The second kappa shape index (κ2) is 7.27. The predicted octanol–water partition coefficient (Wildman–Crippen LogP) is 1.05. The van der Waals surface area contributed by atoms with Crippen LogP contribution in [0, 0.1) is 11.3 Å². The van der Waals surface area contributed by atoms with E-state index in [0.717, 1.165) is 19.3 Å². The molecule has 2 saturated heterocycles. The lowest BCUT2D eigenvalue weighted by molar-refractivity contribution is -0.137. The molecule has 116 valence electrons. The van der Waals surface area contributed by atoms with Gasteiger partial charge in [-0.1, -0.05) is 0 Å². The molecule has 2 fully saturated rings. The molecule has 0 aromatic carbocycles. The summed E-state index contributed by atoms with van der Waals surface area (Å²) in [5.74, 6) is -0.830. The molecule has 21 heavy (non-hydrogen) atoms. The highest BCUT2D eigenvalue weighted by molar-refractivity contribution is 5.75. The molecule has 0 aliphatic carbocycles. The molecule has 2 heterocycles. The van der Waals surface area contributed by atoms with Crippen molar-refractivity contribution in [3.8, 4) is 6.07 Å². The Labute approximate surface area is 124 Å². The molecule has 2 aliphatic rings. The van der Waals surface area contributed by atoms with Crippen LogP contribution in [0.4, 0.5) is 4.79 Å². The fourth-order valence-electron chi connectivity index (χ4n) is 2.93. The largest absolute Gasteiger partial charge is 0.481 e. The lowest BCUT2D eigenvalue weighted by Gasteiger charge is -2.40. The number of carboxylic acids is 1. The van der Waals surface area contributed by atoms with E-state index in [2.05, 4.69) is 0 Å². The van der Waals surface area contributed by atoms with Crippen LogP contribution in [0.1, 0.15) is 32.1 Å². The van der Waals surface area contributed by atoms with Gasteiger partial charge in [0.15, 0.2) is 6.10 Å². The summed E-state index contributed by atoms with van der Waals surface area (Å²) < 4.78 is 5.25. The van der Waals surface area contributed by atoms with Gasteiger partial charge in [-0.3, -0.25) is 4.79 Å². The third kappa shape index (κ3) is 4.08. The number of hydrogen-bond acceptors (Lipinski definition) is 4. The zero-order valence-electron chi connectivity index (χ0n) is 12.0. The van der Waals surface area contributed by atoms with E-state index in [1.807, 2.05) is 6.07 Å². The molecule has 0 radical (unpaired) electrons. The quantitative estimate of drug-likeness (QED) is 0.840. The average molecular weight is 295 g/mol. The molecule has 2 aliphatic heterocycles. The Morgan fingerprint density at radius 2 is 2.14 bits per heavy atom. The number of hydrogen-bond donors (Lipinski definition) is 1. The Balaban J connectivity index is 1.97. The number of likely N-dealkylation sites (tertiary alicyclic amines) is 1. The van der Waals surface area contributed by atoms with E-state index >= 15 is 0 Å². The van der Waals surface area contributed by atoms with Crippen LogP contribution in [0.25, 0.3) is 0 Å². The number of carbonyl (C=O) groups is 2. The van der Waals surface area contributed by atoms with Crippen molar-refractivity contribution in [2.24, 2.45) is 0 Å². The van der Waals surface area contributed by atoms with Crippen LogP contribution in [0.5, 0.6) is 0 Å². The van der Waals surface area contributed by atoms with Gasteiger partial charge in [-0.2, -0.15) is 5.26 Å². The highest BCUT2D eigenvalue weighted by Gasteiger charge is 2.32. The van der Waals surface area contributed by atoms with Crippen LogP contribution in [-0.4, -0.2) is 65.3 Å². The van der Waals surface area contributed by atoms with Crippen molar-refractivity contribution in [3.05, 3.63) is 0 Å². The maximum Gasteiger partial charge on any atom is 0.320 e. The minimum absolute atomic E-state index is 0.00858. The normalized spacial score (nSPS) is 26.2. The number of piperidine rings is 1. The number of nitriles is 1. The van der Waals surface area contributed by atoms with Crippen LogP contribution in [-0.2, 0) is 9.53 Å². The van der Waals surface area contributed by atoms with E-state index in [0.29, 0.717) is 26.1 Å². The van der Waals surface area contributed by atoms with Crippen LogP contribution >= 0.6 is 0 Å². The summed E-state index contributed by atoms with van der Waals surface area (Å²) in [5, 5.41) is 17.7. The van der Waals surface area contributed by atoms with Gasteiger partial charge in [0.25, 0.3) is 0 Å². The number of carbonyl (C=O) groups excluding carboxylic acids is 1. The van der Waals surface area contributed by atoms with Crippen molar-refractivity contribution in [2.45, 2.75) is 44.2 Å². The number of amides is 2. The Kier molecular flexibility index (Phi) is 5.39. The van der Waals surface area contributed by atoms with E-state index in [4.69, 9.17) is 15.1 Å². The summed E-state index contributed by atoms with van der Waals surface area (Å²) in [6.45, 7) is 1.81. The first kappa shape index (κ1) is 15.6. The van der Waals surface area contributed by atoms with Gasteiger partial charge in [0.1, 0.15) is 0 Å². The summed E-state index contributed by atoms with van der Waals surface area (Å²) in [5.41, 5.74) is 0. The Morgan fingerprint density at radius 1 is 1.33 bits per heavy atom. The molecule has 2 rings (SSSR count). The van der Waals surface area contributed by atoms with Crippen molar-refractivity contribution < 1.29 is 19.4 Å². The zero-order valence-corrected chi connectivity index (χ0v) is 12.0. The second-order valence-corrected chi connectivity index (χ2v) is 5.49. The number of aliphatic carboxylic acids is 1. The van der Waals surface area contributed by atoms with Gasteiger partial charge < -0.3 is 19.6 Å². The lowest BCUT2D eigenvalue weighted by atomic mass is 9.98. The van der Waals surface area contributed by atoms with E-state index in [1.165, 1.54) is 0 Å². The highest BCUT2D eigenvalue weighted by atomic mass is 16.5. The standard InChI is InChI=1S/C14H21N3O4/c15-9-12-10-16(7-8-21-12)14(20)17-6-2-1-3-11(17)4-5-13(18)19/h11-12H,1-8,10H2,(H,18,19). The number of nitrogens with zero attached hydrogens (tertiary/aromatic N) is 3. The minimum atomic E-state index is -0.830. The molecule has 1 N–H and O–H groups in total. The maximum absolute atomic E-state index is 12.6. The van der Waals surface area contributed by atoms with Crippen molar-refractivity contribution in [3.63, 3.8) is 0 Å². The van der Waals surface area contributed by atoms with Crippen LogP contribution in [0.2, 0.25) is 0 Å². The van der Waals surface area contributed by atoms with Gasteiger partial charge in [0.2, 0.25) is 0 Å². The Hall–Kier alpha value is -1.81. The summed E-state index contributed by atoms with van der Waals surface area (Å²) in [6.07, 6.45) is 2.83. The molecule has 0 spiro atoms. The molecule has 0 aromatic rings. The molecule has 7 heteroatoms. The predicted molar refractivity (Wildman–Crippen MR) is 73.5 cm³/mol. The van der Waals surface area contributed by atoms with Gasteiger partial charge in [-0.25, -0.2) is 4.79 Å². The van der Waals surface area contributed by atoms with E-state index in [-0.39, 0.29) is 25.0 Å². The summed E-state index contributed by atoms with van der Waals surface area (Å²) in [4.78, 5) is 26.8. The first-order chi connectivity index (χ1) is 10.1. The van der Waals surface area contributed by atoms with E-state index in [9.17, 15) is 9.59 Å². The monoisotopic (exact) mass is 295 g/mol. The Bertz CT molecular complexity index is 434. The smallest absolute Gasteiger partial charge is 0.320 e. The van der Waals surface area contributed by atoms with Gasteiger partial charge >= 0.3 is 12.0 Å². The molecule has 2 atom stereocenters. The molecule has 0 saturated carbocycles. The molecule has 7 nitrogen and oxygen atoms in total. The van der Waals surface area contributed by atoms with Gasteiger partial charge in [0, 0.05) is 25.6 Å². The number of morpholine rings is 1. The average Bonchev–Trinajstić information content (AvgIpc) is 2.52. The molecule has 0 aromatic heterocycles. The van der Waals surface area contributed by atoms with Crippen molar-refractivity contribution in [1.29, 1.82) is 5.26 Å². The summed E-state index contributed by atoms with van der Waals surface area (Å²) >= 11 is 0. The molecule has 0 bridgehead atoms. The molecule has 2 amide bonds. The summed E-state index contributed by atoms with van der Waals surface area (Å²) in [7, 11) is 0. The maximum atomic E-state index is 12.6. The third-order valence-corrected chi connectivity index (χ3v) is 4.05. The molecule has 2 unspecified atom stereocenters. The molecular weight excluding hydrogens is 274 g/mol. The van der Waals surface area contributed by atoms with Gasteiger partial charge in [-0.15, -0.1) is 0 Å². The van der Waals surface area contributed by atoms with E-state index < -0.39 is 12.1 Å². The number of carboxylic acid groups (broad SMARTS) is 1. The number of urea groups is 1. The van der Waals surface area contributed by atoms with Crippen molar-refractivity contribution in [1.82, 2.24) is 9.80 Å². The van der Waals surface area contributed by atoms with Crippen LogP contribution < -0.4 is 0 Å². The SMILES string of the molecule is N#CC1CN(C(=O)N2CCCCC2CCC(=O)O)CCO1.